The molecule has 0 atom stereocenters. The minimum atomic E-state index is -4.78. The van der Waals surface area contributed by atoms with Crippen LogP contribution in [0.5, 0.6) is 11.5 Å². The third kappa shape index (κ3) is 4.92. The molecule has 0 aliphatic heterocycles. The Bertz CT molecular complexity index is 794. The molecular weight excluding hydrogens is 385 g/mol. The average molecular weight is 403 g/mol. The maximum absolute atomic E-state index is 13.5. The van der Waals surface area contributed by atoms with E-state index in [0.717, 1.165) is 0 Å². The van der Waals surface area contributed by atoms with Gasteiger partial charge in [0.15, 0.2) is 11.5 Å². The number of halogens is 4. The van der Waals surface area contributed by atoms with Crippen molar-refractivity contribution in [3.8, 4) is 11.5 Å². The van der Waals surface area contributed by atoms with Crippen LogP contribution in [0, 0.1) is 0 Å². The minimum Gasteiger partial charge on any atom is -0.451 e. The number of hydrogen-bond acceptors (Lipinski definition) is 6. The molecule has 0 spiro atoms. The summed E-state index contributed by atoms with van der Waals surface area (Å²) >= 11 is 5.80. The average Bonchev–Trinajstić information content (AvgIpc) is 2.60. The van der Waals surface area contributed by atoms with Crippen LogP contribution in [0.25, 0.3) is 0 Å². The molecule has 1 aliphatic carbocycles. The predicted molar refractivity (Wildman–Crippen MR) is 94.9 cm³/mol. The molecule has 0 bridgehead atoms. The highest BCUT2D eigenvalue weighted by molar-refractivity contribution is 6.30. The van der Waals surface area contributed by atoms with Crippen LogP contribution in [0.15, 0.2) is 24.3 Å². The highest BCUT2D eigenvalue weighted by atomic mass is 35.5. The number of nitrogens with zero attached hydrogens (tertiary/aromatic N) is 2. The fraction of sp³-hybridized carbons (Fsp3) is 0.412. The number of anilines is 2. The number of aliphatic hydroxyl groups is 1. The van der Waals surface area contributed by atoms with Crippen molar-refractivity contribution in [2.24, 2.45) is 0 Å². The maximum atomic E-state index is 13.5. The zero-order valence-corrected chi connectivity index (χ0v) is 14.9. The number of nitrogens with one attached hydrogen (secondary N) is 1. The van der Waals surface area contributed by atoms with E-state index in [9.17, 15) is 18.3 Å². The molecule has 1 heterocycles. The lowest BCUT2D eigenvalue weighted by atomic mass is 9.93. The van der Waals surface area contributed by atoms with Crippen LogP contribution < -0.4 is 15.8 Å². The zero-order chi connectivity index (χ0) is 19.6. The van der Waals surface area contributed by atoms with Crippen molar-refractivity contribution >= 4 is 23.4 Å². The number of rotatable bonds is 4. The fourth-order valence-electron chi connectivity index (χ4n) is 2.89. The fourth-order valence-corrected chi connectivity index (χ4v) is 3.01. The van der Waals surface area contributed by atoms with Gasteiger partial charge in [-0.3, -0.25) is 0 Å². The Morgan fingerprint density at radius 1 is 1.11 bits per heavy atom. The summed E-state index contributed by atoms with van der Waals surface area (Å²) in [5.41, 5.74) is 4.23. The summed E-state index contributed by atoms with van der Waals surface area (Å²) in [6, 6.07) is 5.73. The standard InChI is InChI=1S/C17H18ClF3N4O2/c18-9-1-7-12(8-2-9)27-13-14(17(19,20)21)24-16(22)25-15(13)23-10-3-5-11(26)6-4-10/h1-2,7-8,10-11,26H,3-6H2,(H3,22,23,24,25)/t10-,11-. The van der Waals surface area contributed by atoms with E-state index in [1.54, 1.807) is 0 Å². The van der Waals surface area contributed by atoms with Gasteiger partial charge in [-0.2, -0.15) is 18.2 Å². The van der Waals surface area contributed by atoms with Gasteiger partial charge in [0.05, 0.1) is 6.10 Å². The molecule has 0 saturated heterocycles. The Morgan fingerprint density at radius 2 is 1.74 bits per heavy atom. The molecule has 146 valence electrons. The number of benzene rings is 1. The molecule has 0 radical (unpaired) electrons. The highest BCUT2D eigenvalue weighted by Gasteiger charge is 2.39. The van der Waals surface area contributed by atoms with Gasteiger partial charge in [-0.25, -0.2) is 4.98 Å². The Labute approximate surface area is 158 Å². The molecule has 6 nitrogen and oxygen atoms in total. The van der Waals surface area contributed by atoms with Gasteiger partial charge in [-0.1, -0.05) is 11.6 Å². The van der Waals surface area contributed by atoms with Crippen molar-refractivity contribution in [3.63, 3.8) is 0 Å². The Balaban J connectivity index is 1.97. The van der Waals surface area contributed by atoms with E-state index in [4.69, 9.17) is 22.1 Å². The van der Waals surface area contributed by atoms with Gasteiger partial charge in [0.2, 0.25) is 11.7 Å². The van der Waals surface area contributed by atoms with Crippen LogP contribution in [-0.4, -0.2) is 27.2 Å². The topological polar surface area (TPSA) is 93.3 Å². The van der Waals surface area contributed by atoms with E-state index in [-0.39, 0.29) is 17.6 Å². The normalized spacial score (nSPS) is 20.3. The Hall–Kier alpha value is -2.26. The second-order valence-corrected chi connectivity index (χ2v) is 6.75. The Morgan fingerprint density at radius 3 is 2.33 bits per heavy atom. The summed E-state index contributed by atoms with van der Waals surface area (Å²) < 4.78 is 46.0. The maximum Gasteiger partial charge on any atom is 0.437 e. The quantitative estimate of drug-likeness (QED) is 0.708. The summed E-state index contributed by atoms with van der Waals surface area (Å²) in [5.74, 6) is -1.04. The van der Waals surface area contributed by atoms with Crippen LogP contribution in [0.3, 0.4) is 0 Å². The third-order valence-corrected chi connectivity index (χ3v) is 4.47. The first-order valence-electron chi connectivity index (χ1n) is 8.35. The molecule has 0 unspecified atom stereocenters. The monoisotopic (exact) mass is 402 g/mol. The molecule has 1 aromatic heterocycles. The molecule has 4 N–H and O–H groups in total. The van der Waals surface area contributed by atoms with Crippen molar-refractivity contribution in [2.45, 2.75) is 44.0 Å². The van der Waals surface area contributed by atoms with Gasteiger partial charge in [0.25, 0.3) is 0 Å². The number of aliphatic hydroxyl groups excluding tert-OH is 1. The van der Waals surface area contributed by atoms with Crippen molar-refractivity contribution in [3.05, 3.63) is 35.0 Å². The second-order valence-electron chi connectivity index (χ2n) is 6.31. The van der Waals surface area contributed by atoms with E-state index >= 15 is 0 Å². The molecular formula is C17H18ClF3N4O2. The van der Waals surface area contributed by atoms with Crippen molar-refractivity contribution in [1.29, 1.82) is 0 Å². The van der Waals surface area contributed by atoms with Crippen LogP contribution in [0.4, 0.5) is 24.9 Å². The van der Waals surface area contributed by atoms with Gasteiger partial charge >= 0.3 is 6.18 Å². The molecule has 2 aromatic rings. The minimum absolute atomic E-state index is 0.133. The van der Waals surface area contributed by atoms with E-state index in [1.165, 1.54) is 24.3 Å². The van der Waals surface area contributed by atoms with Gasteiger partial charge in [-0.15, -0.1) is 0 Å². The molecule has 27 heavy (non-hydrogen) atoms. The lowest BCUT2D eigenvalue weighted by Gasteiger charge is -2.27. The Kier molecular flexibility index (Phi) is 5.61. The summed E-state index contributed by atoms with van der Waals surface area (Å²) in [6.07, 6.45) is -2.89. The number of nitrogens with two attached hydrogens (primary N) is 1. The lowest BCUT2D eigenvalue weighted by Crippen LogP contribution is -2.29. The lowest BCUT2D eigenvalue weighted by molar-refractivity contribution is -0.142. The molecule has 1 fully saturated rings. The number of ether oxygens (including phenoxy) is 1. The van der Waals surface area contributed by atoms with E-state index < -0.39 is 29.7 Å². The van der Waals surface area contributed by atoms with Gasteiger partial charge in [-0.05, 0) is 49.9 Å². The molecule has 1 saturated carbocycles. The molecule has 1 aromatic carbocycles. The smallest absolute Gasteiger partial charge is 0.437 e. The van der Waals surface area contributed by atoms with Crippen LogP contribution in [0.1, 0.15) is 31.4 Å². The first-order chi connectivity index (χ1) is 12.7. The van der Waals surface area contributed by atoms with Crippen LogP contribution >= 0.6 is 11.6 Å². The van der Waals surface area contributed by atoms with Gasteiger partial charge in [0.1, 0.15) is 5.75 Å². The van der Waals surface area contributed by atoms with Crippen molar-refractivity contribution < 1.29 is 23.0 Å². The first-order valence-corrected chi connectivity index (χ1v) is 8.73. The van der Waals surface area contributed by atoms with Gasteiger partial charge in [0, 0.05) is 11.1 Å². The van der Waals surface area contributed by atoms with Gasteiger partial charge < -0.3 is 20.9 Å². The van der Waals surface area contributed by atoms with Crippen LogP contribution in [-0.2, 0) is 6.18 Å². The largest absolute Gasteiger partial charge is 0.451 e. The van der Waals surface area contributed by atoms with Crippen LogP contribution in [0.2, 0.25) is 5.02 Å². The predicted octanol–water partition coefficient (Wildman–Crippen LogP) is 4.24. The zero-order valence-electron chi connectivity index (χ0n) is 14.1. The van der Waals surface area contributed by atoms with E-state index in [2.05, 4.69) is 15.3 Å². The second kappa shape index (κ2) is 7.77. The molecule has 0 amide bonds. The van der Waals surface area contributed by atoms with E-state index in [0.29, 0.717) is 30.7 Å². The van der Waals surface area contributed by atoms with Crippen molar-refractivity contribution in [1.82, 2.24) is 9.97 Å². The first kappa shape index (κ1) is 19.5. The SMILES string of the molecule is Nc1nc(N[C@H]2CC[C@H](O)CC2)c(Oc2ccc(Cl)cc2)c(C(F)(F)F)n1. The number of nitrogen functional groups attached to an aromatic ring is 1. The summed E-state index contributed by atoms with van der Waals surface area (Å²) in [4.78, 5) is 7.25. The van der Waals surface area contributed by atoms with E-state index in [1.807, 2.05) is 0 Å². The highest BCUT2D eigenvalue weighted by Crippen LogP contribution is 2.41. The number of aromatic nitrogens is 2. The van der Waals surface area contributed by atoms with Crippen molar-refractivity contribution in [2.75, 3.05) is 11.1 Å². The molecule has 1 aliphatic rings. The number of alkyl halides is 3. The summed E-state index contributed by atoms with van der Waals surface area (Å²) in [5, 5.41) is 13.0. The molecule has 3 rings (SSSR count). The summed E-state index contributed by atoms with van der Waals surface area (Å²) in [7, 11) is 0. The molecule has 10 heteroatoms. The third-order valence-electron chi connectivity index (χ3n) is 4.22. The summed E-state index contributed by atoms with van der Waals surface area (Å²) in [6.45, 7) is 0. The number of hydrogen-bond donors (Lipinski definition) is 3.